The monoisotopic (exact) mass is 356 g/mol. The van der Waals surface area contributed by atoms with E-state index in [4.69, 9.17) is 16.3 Å². The molecule has 0 bridgehead atoms. The lowest BCUT2D eigenvalue weighted by molar-refractivity contribution is 0.0319. The molecule has 7 nitrogen and oxygen atoms in total. The van der Waals surface area contributed by atoms with E-state index in [2.05, 4.69) is 15.5 Å². The van der Waals surface area contributed by atoms with Crippen molar-refractivity contribution in [2.45, 2.75) is 13.0 Å². The lowest BCUT2D eigenvalue weighted by Crippen LogP contribution is -2.24. The van der Waals surface area contributed by atoms with Gasteiger partial charge >= 0.3 is 5.97 Å². The van der Waals surface area contributed by atoms with Crippen LogP contribution >= 0.6 is 11.6 Å². The predicted octanol–water partition coefficient (Wildman–Crippen LogP) is 2.74. The Bertz CT molecular complexity index is 895. The van der Waals surface area contributed by atoms with Gasteiger partial charge in [0, 0.05) is 10.6 Å². The summed E-state index contributed by atoms with van der Waals surface area (Å²) in [5.41, 5.74) is 1.41. The number of aromatic nitrogens is 4. The number of ether oxygens (including phenoxy) is 1. The summed E-state index contributed by atoms with van der Waals surface area (Å²) in [5.74, 6) is -0.910. The Morgan fingerprint density at radius 2 is 1.88 bits per heavy atom. The number of ketones is 1. The van der Waals surface area contributed by atoms with Crippen molar-refractivity contribution in [1.82, 2.24) is 20.2 Å². The van der Waals surface area contributed by atoms with Gasteiger partial charge in [-0.15, -0.1) is 5.10 Å². The molecular weight excluding hydrogens is 344 g/mol. The van der Waals surface area contributed by atoms with Gasteiger partial charge in [-0.05, 0) is 53.7 Å². The summed E-state index contributed by atoms with van der Waals surface area (Å²) in [4.78, 5) is 24.5. The maximum absolute atomic E-state index is 12.3. The fourth-order valence-corrected chi connectivity index (χ4v) is 2.38. The van der Waals surface area contributed by atoms with Crippen molar-refractivity contribution < 1.29 is 14.3 Å². The number of hydrogen-bond donors (Lipinski definition) is 0. The lowest BCUT2D eigenvalue weighted by atomic mass is 10.1. The second kappa shape index (κ2) is 7.23. The topological polar surface area (TPSA) is 87.0 Å². The summed E-state index contributed by atoms with van der Waals surface area (Å²) in [6.45, 7) is 1.52. The van der Waals surface area contributed by atoms with Gasteiger partial charge in [0.1, 0.15) is 6.33 Å². The standard InChI is InChI=1S/C17H13ClN4O3/c1-11(16(23)13-3-2-4-14(18)9-13)25-17(24)12-5-7-15(8-6-12)22-10-19-20-21-22/h2-11H,1H3. The van der Waals surface area contributed by atoms with E-state index in [0.29, 0.717) is 21.8 Å². The Morgan fingerprint density at radius 3 is 2.52 bits per heavy atom. The van der Waals surface area contributed by atoms with Crippen LogP contribution in [0.25, 0.3) is 5.69 Å². The molecule has 1 atom stereocenters. The Hall–Kier alpha value is -3.06. The van der Waals surface area contributed by atoms with Crippen molar-refractivity contribution in [3.05, 3.63) is 71.0 Å². The van der Waals surface area contributed by atoms with Gasteiger partial charge in [0.25, 0.3) is 0 Å². The Morgan fingerprint density at radius 1 is 1.12 bits per heavy atom. The normalized spacial score (nSPS) is 11.8. The molecule has 8 heteroatoms. The zero-order valence-electron chi connectivity index (χ0n) is 13.2. The largest absolute Gasteiger partial charge is 0.451 e. The third-order valence-corrected chi connectivity index (χ3v) is 3.71. The highest BCUT2D eigenvalue weighted by atomic mass is 35.5. The maximum Gasteiger partial charge on any atom is 0.338 e. The van der Waals surface area contributed by atoms with E-state index in [0.717, 1.165) is 0 Å². The molecule has 1 aromatic heterocycles. The second-order valence-electron chi connectivity index (χ2n) is 5.22. The highest BCUT2D eigenvalue weighted by Gasteiger charge is 2.20. The van der Waals surface area contributed by atoms with Crippen molar-refractivity contribution >= 4 is 23.4 Å². The maximum atomic E-state index is 12.3. The van der Waals surface area contributed by atoms with Gasteiger partial charge in [-0.3, -0.25) is 4.79 Å². The van der Waals surface area contributed by atoms with Gasteiger partial charge in [-0.1, -0.05) is 23.7 Å². The first kappa shape index (κ1) is 16.8. The first-order valence-corrected chi connectivity index (χ1v) is 7.76. The minimum Gasteiger partial charge on any atom is -0.451 e. The number of rotatable bonds is 5. The molecule has 0 aliphatic rings. The molecule has 0 saturated carbocycles. The smallest absolute Gasteiger partial charge is 0.338 e. The van der Waals surface area contributed by atoms with Crippen molar-refractivity contribution in [3.8, 4) is 5.69 Å². The van der Waals surface area contributed by atoms with Crippen molar-refractivity contribution in [3.63, 3.8) is 0 Å². The minimum atomic E-state index is -0.926. The number of nitrogens with zero attached hydrogens (tertiary/aromatic N) is 4. The fraction of sp³-hybridized carbons (Fsp3) is 0.118. The molecule has 1 heterocycles. The van der Waals surface area contributed by atoms with E-state index in [1.807, 2.05) is 0 Å². The molecule has 0 spiro atoms. The van der Waals surface area contributed by atoms with Crippen molar-refractivity contribution in [2.75, 3.05) is 0 Å². The average molecular weight is 357 g/mol. The molecule has 0 amide bonds. The van der Waals surface area contributed by atoms with E-state index >= 15 is 0 Å². The molecule has 126 valence electrons. The molecule has 0 fully saturated rings. The Labute approximate surface area is 148 Å². The van der Waals surface area contributed by atoms with Crippen LogP contribution in [-0.4, -0.2) is 38.1 Å². The van der Waals surface area contributed by atoms with E-state index in [1.54, 1.807) is 42.5 Å². The number of carbonyl (C=O) groups excluding carboxylic acids is 2. The third-order valence-electron chi connectivity index (χ3n) is 3.48. The molecule has 0 aliphatic carbocycles. The van der Waals surface area contributed by atoms with Crippen LogP contribution in [0.15, 0.2) is 54.9 Å². The van der Waals surface area contributed by atoms with Gasteiger partial charge in [-0.25, -0.2) is 9.48 Å². The van der Waals surface area contributed by atoms with E-state index in [1.165, 1.54) is 24.0 Å². The molecule has 1 unspecified atom stereocenters. The third kappa shape index (κ3) is 3.89. The van der Waals surface area contributed by atoms with Crippen molar-refractivity contribution in [2.24, 2.45) is 0 Å². The van der Waals surface area contributed by atoms with Crippen LogP contribution in [0.4, 0.5) is 0 Å². The van der Waals surface area contributed by atoms with Crippen LogP contribution in [0, 0.1) is 0 Å². The van der Waals surface area contributed by atoms with Crippen LogP contribution in [0.3, 0.4) is 0 Å². The highest BCUT2D eigenvalue weighted by molar-refractivity contribution is 6.31. The highest BCUT2D eigenvalue weighted by Crippen LogP contribution is 2.15. The molecule has 2 aromatic carbocycles. The van der Waals surface area contributed by atoms with Gasteiger partial charge in [0.05, 0.1) is 11.3 Å². The summed E-state index contributed by atoms with van der Waals surface area (Å²) in [5, 5.41) is 11.3. The summed E-state index contributed by atoms with van der Waals surface area (Å²) in [6, 6.07) is 13.0. The van der Waals surface area contributed by atoms with Gasteiger partial charge in [0.2, 0.25) is 5.78 Å². The number of esters is 1. The number of carbonyl (C=O) groups is 2. The van der Waals surface area contributed by atoms with Gasteiger partial charge < -0.3 is 4.74 Å². The van der Waals surface area contributed by atoms with Crippen LogP contribution in [0.1, 0.15) is 27.6 Å². The Kier molecular flexibility index (Phi) is 4.85. The number of benzene rings is 2. The number of hydrogen-bond acceptors (Lipinski definition) is 6. The van der Waals surface area contributed by atoms with E-state index in [9.17, 15) is 9.59 Å². The zero-order valence-corrected chi connectivity index (χ0v) is 13.9. The summed E-state index contributed by atoms with van der Waals surface area (Å²) >= 11 is 5.88. The molecular formula is C17H13ClN4O3. The zero-order chi connectivity index (χ0) is 17.8. The van der Waals surface area contributed by atoms with Crippen molar-refractivity contribution in [1.29, 1.82) is 0 Å². The minimum absolute atomic E-state index is 0.318. The predicted molar refractivity (Wildman–Crippen MR) is 89.8 cm³/mol. The fourth-order valence-electron chi connectivity index (χ4n) is 2.19. The molecule has 3 aromatic rings. The van der Waals surface area contributed by atoms with E-state index in [-0.39, 0.29) is 5.78 Å². The van der Waals surface area contributed by atoms with Crippen LogP contribution in [0.2, 0.25) is 5.02 Å². The quantitative estimate of drug-likeness (QED) is 0.516. The van der Waals surface area contributed by atoms with E-state index < -0.39 is 12.1 Å². The SMILES string of the molecule is CC(OC(=O)c1ccc(-n2cnnn2)cc1)C(=O)c1cccc(Cl)c1. The van der Waals surface area contributed by atoms with Gasteiger partial charge in [0.15, 0.2) is 6.10 Å². The van der Waals surface area contributed by atoms with Crippen LogP contribution < -0.4 is 0 Å². The molecule has 0 aliphatic heterocycles. The number of Topliss-reactive ketones (excluding diaryl/α,β-unsaturated/α-hetero) is 1. The van der Waals surface area contributed by atoms with Crippen LogP contribution in [-0.2, 0) is 4.74 Å². The Balaban J connectivity index is 1.68. The first-order valence-electron chi connectivity index (χ1n) is 7.39. The first-order chi connectivity index (χ1) is 12.0. The molecule has 0 radical (unpaired) electrons. The molecule has 0 N–H and O–H groups in total. The second-order valence-corrected chi connectivity index (χ2v) is 5.66. The number of halogens is 1. The van der Waals surface area contributed by atoms with Crippen LogP contribution in [0.5, 0.6) is 0 Å². The average Bonchev–Trinajstić information content (AvgIpc) is 3.15. The summed E-state index contributed by atoms with van der Waals surface area (Å²) in [7, 11) is 0. The number of tetrazole rings is 1. The summed E-state index contributed by atoms with van der Waals surface area (Å²) in [6.07, 6.45) is 0.518. The molecule has 25 heavy (non-hydrogen) atoms. The van der Waals surface area contributed by atoms with Gasteiger partial charge in [-0.2, -0.15) is 0 Å². The molecule has 0 saturated heterocycles. The summed E-state index contributed by atoms with van der Waals surface area (Å²) < 4.78 is 6.70. The molecule has 3 rings (SSSR count). The lowest BCUT2D eigenvalue weighted by Gasteiger charge is -2.12.